The van der Waals surface area contributed by atoms with Crippen molar-refractivity contribution in [2.45, 2.75) is 72.3 Å². The fourth-order valence-corrected chi connectivity index (χ4v) is 3.78. The molecular formula is C29H42F3N3. The number of benzene rings is 1. The molecule has 0 spiro atoms. The van der Waals surface area contributed by atoms with Crippen LogP contribution < -0.4 is 5.32 Å². The Labute approximate surface area is 209 Å². The first-order valence-electron chi connectivity index (χ1n) is 12.6. The van der Waals surface area contributed by atoms with Crippen molar-refractivity contribution in [3.63, 3.8) is 0 Å². The number of para-hydroxylation sites is 1. The third-order valence-electron chi connectivity index (χ3n) is 5.63. The molecule has 0 aliphatic heterocycles. The fraction of sp³-hybridized carbons (Fsp3) is 0.483. The summed E-state index contributed by atoms with van der Waals surface area (Å²) in [6.07, 6.45) is 5.99. The average molecular weight is 490 g/mol. The van der Waals surface area contributed by atoms with E-state index in [1.54, 1.807) is 6.92 Å². The molecule has 1 aromatic carbocycles. The SMILES string of the molecule is C=C(NC(C)c1ccc(CCC)nc1)C1CC1c1cc2ccccc2[nH]1.CC.CCCF.FCF. The standard InChI is InChI=1S/C23H27N3.C3H7F.C2H6.CH2F2/c1-4-7-19-11-10-18(14-24-19)15(2)25-16(3)20-13-21(20)23-12-17-8-5-6-9-22(17)26-23;1-2-3-4;1-2;2-1-3/h5-6,8-12,14-15,20-21,25-26H,3-4,7,13H2,1-2H3;2-3H2,1H3;1-2H3;1H2. The van der Waals surface area contributed by atoms with Gasteiger partial charge in [0.25, 0.3) is 0 Å². The van der Waals surface area contributed by atoms with E-state index < -0.39 is 6.93 Å². The summed E-state index contributed by atoms with van der Waals surface area (Å²) in [5.41, 5.74) is 6.08. The van der Waals surface area contributed by atoms with E-state index in [0.717, 1.165) is 18.5 Å². The van der Waals surface area contributed by atoms with E-state index in [2.05, 4.69) is 78.2 Å². The zero-order chi connectivity index (χ0) is 26.2. The van der Waals surface area contributed by atoms with E-state index in [1.807, 2.05) is 20.0 Å². The van der Waals surface area contributed by atoms with Gasteiger partial charge in [-0.2, -0.15) is 0 Å². The van der Waals surface area contributed by atoms with E-state index in [9.17, 15) is 13.2 Å². The summed E-state index contributed by atoms with van der Waals surface area (Å²) in [5.74, 6) is 1.07. The predicted octanol–water partition coefficient (Wildman–Crippen LogP) is 8.76. The van der Waals surface area contributed by atoms with Crippen LogP contribution in [0.25, 0.3) is 10.9 Å². The number of aryl methyl sites for hydroxylation is 1. The minimum atomic E-state index is -1.75. The summed E-state index contributed by atoms with van der Waals surface area (Å²) in [4.78, 5) is 8.14. The number of aromatic nitrogens is 2. The van der Waals surface area contributed by atoms with Crippen LogP contribution in [0.1, 0.15) is 82.8 Å². The van der Waals surface area contributed by atoms with Gasteiger partial charge in [-0.05, 0) is 55.3 Å². The molecule has 2 N–H and O–H groups in total. The average Bonchev–Trinajstić information content (AvgIpc) is 3.58. The predicted molar refractivity (Wildman–Crippen MR) is 143 cm³/mol. The highest BCUT2D eigenvalue weighted by molar-refractivity contribution is 5.80. The van der Waals surface area contributed by atoms with Gasteiger partial charge >= 0.3 is 0 Å². The van der Waals surface area contributed by atoms with Crippen LogP contribution in [0, 0.1) is 5.92 Å². The zero-order valence-corrected chi connectivity index (χ0v) is 21.9. The smallest absolute Gasteiger partial charge is 0.229 e. The molecule has 1 saturated carbocycles. The van der Waals surface area contributed by atoms with Crippen molar-refractivity contribution >= 4 is 10.9 Å². The number of fused-ring (bicyclic) bond motifs is 1. The number of pyridine rings is 1. The van der Waals surface area contributed by atoms with Crippen LogP contribution in [0.3, 0.4) is 0 Å². The van der Waals surface area contributed by atoms with Gasteiger partial charge in [-0.25, -0.2) is 8.78 Å². The molecule has 2 heterocycles. The number of H-pyrrole nitrogens is 1. The maximum atomic E-state index is 10.7. The summed E-state index contributed by atoms with van der Waals surface area (Å²) in [5, 5.41) is 4.88. The van der Waals surface area contributed by atoms with Crippen molar-refractivity contribution < 1.29 is 13.2 Å². The van der Waals surface area contributed by atoms with Crippen LogP contribution in [0.5, 0.6) is 0 Å². The molecule has 4 rings (SSSR count). The second-order valence-electron chi connectivity index (χ2n) is 8.27. The van der Waals surface area contributed by atoms with Crippen LogP contribution in [0.2, 0.25) is 0 Å². The quantitative estimate of drug-likeness (QED) is 0.332. The molecule has 3 aromatic rings. The molecule has 0 amide bonds. The lowest BCUT2D eigenvalue weighted by Crippen LogP contribution is -2.19. The van der Waals surface area contributed by atoms with E-state index >= 15 is 0 Å². The van der Waals surface area contributed by atoms with Gasteiger partial charge in [-0.15, -0.1) is 0 Å². The van der Waals surface area contributed by atoms with Crippen molar-refractivity contribution in [2.24, 2.45) is 5.92 Å². The highest BCUT2D eigenvalue weighted by atomic mass is 19.3. The largest absolute Gasteiger partial charge is 0.382 e. The van der Waals surface area contributed by atoms with Gasteiger partial charge < -0.3 is 10.3 Å². The summed E-state index contributed by atoms with van der Waals surface area (Å²) < 4.78 is 30.0. The van der Waals surface area contributed by atoms with Crippen molar-refractivity contribution in [2.75, 3.05) is 13.6 Å². The summed E-state index contributed by atoms with van der Waals surface area (Å²) in [7, 11) is 0. The molecule has 1 aliphatic carbocycles. The number of allylic oxidation sites excluding steroid dienone is 1. The Morgan fingerprint density at radius 2 is 1.77 bits per heavy atom. The van der Waals surface area contributed by atoms with Crippen LogP contribution in [-0.2, 0) is 6.42 Å². The van der Waals surface area contributed by atoms with Gasteiger partial charge in [0.1, 0.15) is 0 Å². The molecule has 35 heavy (non-hydrogen) atoms. The molecule has 3 unspecified atom stereocenters. The Balaban J connectivity index is 0.000000597. The number of alkyl halides is 3. The number of hydrogen-bond donors (Lipinski definition) is 2. The lowest BCUT2D eigenvalue weighted by molar-refractivity contribution is 0.295. The third-order valence-corrected chi connectivity index (χ3v) is 5.63. The van der Waals surface area contributed by atoms with Gasteiger partial charge in [0.15, 0.2) is 0 Å². The van der Waals surface area contributed by atoms with E-state index in [1.165, 1.54) is 34.3 Å². The highest BCUT2D eigenvalue weighted by Crippen LogP contribution is 2.51. The lowest BCUT2D eigenvalue weighted by atomic mass is 10.1. The molecule has 0 radical (unpaired) electrons. The molecule has 1 aliphatic rings. The third kappa shape index (κ3) is 9.79. The molecule has 0 bridgehead atoms. The first-order valence-corrected chi connectivity index (χ1v) is 12.6. The van der Waals surface area contributed by atoms with Crippen LogP contribution >= 0.6 is 0 Å². The Morgan fingerprint density at radius 1 is 1.11 bits per heavy atom. The van der Waals surface area contributed by atoms with Crippen molar-refractivity contribution in [3.8, 4) is 0 Å². The normalized spacial score (nSPS) is 16.5. The molecular weight excluding hydrogens is 447 g/mol. The first kappa shape index (κ1) is 30.3. The van der Waals surface area contributed by atoms with Crippen molar-refractivity contribution in [3.05, 3.63) is 77.9 Å². The Bertz CT molecular complexity index is 934. The Kier molecular flexibility index (Phi) is 14.5. The minimum Gasteiger partial charge on any atom is -0.382 e. The Morgan fingerprint density at radius 3 is 2.31 bits per heavy atom. The molecule has 0 saturated heterocycles. The fourth-order valence-electron chi connectivity index (χ4n) is 3.78. The first-order chi connectivity index (χ1) is 17.0. The summed E-state index contributed by atoms with van der Waals surface area (Å²) in [6, 6.07) is 15.3. The van der Waals surface area contributed by atoms with Gasteiger partial charge in [0, 0.05) is 46.7 Å². The number of nitrogens with zero attached hydrogens (tertiary/aromatic N) is 1. The molecule has 194 valence electrons. The van der Waals surface area contributed by atoms with Crippen LogP contribution in [-0.4, -0.2) is 23.6 Å². The van der Waals surface area contributed by atoms with E-state index in [0.29, 0.717) is 18.3 Å². The van der Waals surface area contributed by atoms with E-state index in [4.69, 9.17) is 0 Å². The zero-order valence-electron chi connectivity index (χ0n) is 21.9. The number of nitrogens with one attached hydrogen (secondary N) is 2. The Hall–Kier alpha value is -2.76. The second kappa shape index (κ2) is 16.8. The highest BCUT2D eigenvalue weighted by Gasteiger charge is 2.41. The second-order valence-corrected chi connectivity index (χ2v) is 8.27. The number of rotatable bonds is 8. The summed E-state index contributed by atoms with van der Waals surface area (Å²) >= 11 is 0. The topological polar surface area (TPSA) is 40.7 Å². The number of hydrogen-bond acceptors (Lipinski definition) is 2. The van der Waals surface area contributed by atoms with Crippen LogP contribution in [0.4, 0.5) is 13.2 Å². The lowest BCUT2D eigenvalue weighted by Gasteiger charge is -2.17. The molecule has 3 nitrogen and oxygen atoms in total. The monoisotopic (exact) mass is 489 g/mol. The number of aromatic amines is 1. The van der Waals surface area contributed by atoms with Crippen LogP contribution in [0.15, 0.2) is 60.9 Å². The van der Waals surface area contributed by atoms with Crippen molar-refractivity contribution in [1.82, 2.24) is 15.3 Å². The van der Waals surface area contributed by atoms with Crippen molar-refractivity contribution in [1.29, 1.82) is 0 Å². The summed E-state index contributed by atoms with van der Waals surface area (Å²) in [6.45, 7) is 12.6. The van der Waals surface area contributed by atoms with Gasteiger partial charge in [0.2, 0.25) is 6.93 Å². The molecule has 6 heteroatoms. The van der Waals surface area contributed by atoms with Gasteiger partial charge in [-0.3, -0.25) is 9.37 Å². The maximum absolute atomic E-state index is 10.7. The maximum Gasteiger partial charge on any atom is 0.229 e. The number of halogens is 3. The van der Waals surface area contributed by atoms with E-state index in [-0.39, 0.29) is 12.7 Å². The van der Waals surface area contributed by atoms with Gasteiger partial charge in [-0.1, -0.05) is 65.0 Å². The molecule has 1 fully saturated rings. The molecule has 2 aromatic heterocycles. The minimum absolute atomic E-state index is 0.181. The molecule has 3 atom stereocenters. The van der Waals surface area contributed by atoms with Gasteiger partial charge in [0.05, 0.1) is 6.67 Å².